The van der Waals surface area contributed by atoms with Crippen LogP contribution in [-0.2, 0) is 0 Å². The number of phenolic OH excluding ortho intramolecular Hbond substituents is 1. The molecule has 4 nitrogen and oxygen atoms in total. The number of halogens is 1. The number of carbonyl (C=O) groups excluding carboxylic acids is 1. The molecule has 0 radical (unpaired) electrons. The predicted molar refractivity (Wildman–Crippen MR) is 70.9 cm³/mol. The zero-order valence-corrected chi connectivity index (χ0v) is 10.9. The molecule has 4 N–H and O–H groups in total. The van der Waals surface area contributed by atoms with Gasteiger partial charge >= 0.3 is 0 Å². The second kappa shape index (κ2) is 5.77. The second-order valence-electron chi connectivity index (χ2n) is 4.26. The molecule has 18 heavy (non-hydrogen) atoms. The fourth-order valence-corrected chi connectivity index (χ4v) is 1.81. The molecule has 0 saturated carbocycles. The topological polar surface area (TPSA) is 75.3 Å². The Morgan fingerprint density at radius 2 is 2.11 bits per heavy atom. The third-order valence-electron chi connectivity index (χ3n) is 2.46. The van der Waals surface area contributed by atoms with Gasteiger partial charge in [-0.1, -0.05) is 26.1 Å². The minimum absolute atomic E-state index is 0.0155. The maximum absolute atomic E-state index is 12.8. The molecular weight excluding hydrogens is 255 g/mol. The molecule has 0 saturated heterocycles. The van der Waals surface area contributed by atoms with Crippen LogP contribution in [0, 0.1) is 11.7 Å². The highest BCUT2D eigenvalue weighted by atomic mass is 32.1. The molecule has 0 aliphatic heterocycles. The van der Waals surface area contributed by atoms with E-state index in [1.165, 1.54) is 6.07 Å². The van der Waals surface area contributed by atoms with Gasteiger partial charge in [-0.3, -0.25) is 4.79 Å². The third kappa shape index (κ3) is 3.40. The van der Waals surface area contributed by atoms with E-state index in [1.54, 1.807) is 0 Å². The molecule has 98 valence electrons. The summed E-state index contributed by atoms with van der Waals surface area (Å²) in [6.07, 6.45) is 0. The van der Waals surface area contributed by atoms with Crippen molar-refractivity contribution < 1.29 is 14.3 Å². The average Bonchev–Trinajstić information content (AvgIpc) is 2.24. The van der Waals surface area contributed by atoms with Crippen LogP contribution in [0.1, 0.15) is 24.2 Å². The summed E-state index contributed by atoms with van der Waals surface area (Å²) in [4.78, 5) is 12.1. The molecule has 0 heterocycles. The molecule has 1 aromatic carbocycles. The molecule has 1 aromatic rings. The second-order valence-corrected chi connectivity index (χ2v) is 4.73. The number of nitrogens with one attached hydrogen (secondary N) is 1. The first-order chi connectivity index (χ1) is 8.32. The van der Waals surface area contributed by atoms with Crippen molar-refractivity contribution in [3.63, 3.8) is 0 Å². The standard InChI is InChI=1S/C12H15FN2O2S/c1-6(2)10(11(14)18)15-12(17)8-4-3-7(13)5-9(8)16/h3-6,10,16H,1-2H3,(H2,14,18)(H,15,17). The summed E-state index contributed by atoms with van der Waals surface area (Å²) < 4.78 is 12.8. The molecule has 0 aliphatic rings. The van der Waals surface area contributed by atoms with Gasteiger partial charge in [0.25, 0.3) is 5.91 Å². The summed E-state index contributed by atoms with van der Waals surface area (Å²) in [6.45, 7) is 3.71. The minimum Gasteiger partial charge on any atom is -0.507 e. The molecule has 1 rings (SSSR count). The maximum atomic E-state index is 12.8. The van der Waals surface area contributed by atoms with Crippen LogP contribution in [0.2, 0.25) is 0 Å². The average molecular weight is 270 g/mol. The molecule has 1 atom stereocenters. The van der Waals surface area contributed by atoms with Crippen LogP contribution in [-0.4, -0.2) is 22.0 Å². The van der Waals surface area contributed by atoms with Crippen LogP contribution >= 0.6 is 12.2 Å². The maximum Gasteiger partial charge on any atom is 0.255 e. The van der Waals surface area contributed by atoms with E-state index in [4.69, 9.17) is 18.0 Å². The lowest BCUT2D eigenvalue weighted by atomic mass is 10.0. The third-order valence-corrected chi connectivity index (χ3v) is 2.72. The molecule has 0 bridgehead atoms. The van der Waals surface area contributed by atoms with Crippen LogP contribution in [0.3, 0.4) is 0 Å². The number of hydrogen-bond acceptors (Lipinski definition) is 3. The number of hydrogen-bond donors (Lipinski definition) is 3. The van der Waals surface area contributed by atoms with Crippen molar-refractivity contribution in [2.45, 2.75) is 19.9 Å². The van der Waals surface area contributed by atoms with Crippen molar-refractivity contribution in [1.29, 1.82) is 0 Å². The predicted octanol–water partition coefficient (Wildman–Crippen LogP) is 1.57. The summed E-state index contributed by atoms with van der Waals surface area (Å²) in [6, 6.07) is 2.70. The molecule has 6 heteroatoms. The summed E-state index contributed by atoms with van der Waals surface area (Å²) in [5.41, 5.74) is 5.50. The quantitative estimate of drug-likeness (QED) is 0.726. The number of rotatable bonds is 4. The zero-order valence-electron chi connectivity index (χ0n) is 10.1. The highest BCUT2D eigenvalue weighted by Gasteiger charge is 2.21. The lowest BCUT2D eigenvalue weighted by Crippen LogP contribution is -2.46. The van der Waals surface area contributed by atoms with Crippen molar-refractivity contribution in [3.05, 3.63) is 29.6 Å². The van der Waals surface area contributed by atoms with E-state index in [0.717, 1.165) is 12.1 Å². The number of carbonyl (C=O) groups is 1. The Labute approximate surface area is 110 Å². The summed E-state index contributed by atoms with van der Waals surface area (Å²) in [7, 11) is 0. The molecular formula is C12H15FN2O2S. The van der Waals surface area contributed by atoms with Crippen molar-refractivity contribution in [2.24, 2.45) is 11.7 Å². The van der Waals surface area contributed by atoms with Crippen molar-refractivity contribution in [1.82, 2.24) is 5.32 Å². The van der Waals surface area contributed by atoms with Gasteiger partial charge < -0.3 is 16.2 Å². The van der Waals surface area contributed by atoms with E-state index < -0.39 is 23.5 Å². The van der Waals surface area contributed by atoms with Gasteiger partial charge in [0.2, 0.25) is 0 Å². The van der Waals surface area contributed by atoms with E-state index in [0.29, 0.717) is 0 Å². The molecule has 1 amide bonds. The Morgan fingerprint density at radius 3 is 2.56 bits per heavy atom. The SMILES string of the molecule is CC(C)C(NC(=O)c1ccc(F)cc1O)C(N)=S. The molecule has 0 aromatic heterocycles. The van der Waals surface area contributed by atoms with Crippen molar-refractivity contribution in [2.75, 3.05) is 0 Å². The molecule has 0 fully saturated rings. The van der Waals surface area contributed by atoms with E-state index in [1.807, 2.05) is 13.8 Å². The molecule has 1 unspecified atom stereocenters. The van der Waals surface area contributed by atoms with Gasteiger partial charge in [-0.15, -0.1) is 0 Å². The van der Waals surface area contributed by atoms with Crippen LogP contribution in [0.15, 0.2) is 18.2 Å². The molecule has 0 aliphatic carbocycles. The Balaban J connectivity index is 2.91. The Bertz CT molecular complexity index is 477. The van der Waals surface area contributed by atoms with E-state index >= 15 is 0 Å². The van der Waals surface area contributed by atoms with Crippen LogP contribution in [0.5, 0.6) is 5.75 Å². The Morgan fingerprint density at radius 1 is 1.50 bits per heavy atom. The van der Waals surface area contributed by atoms with E-state index in [2.05, 4.69) is 5.32 Å². The summed E-state index contributed by atoms with van der Waals surface area (Å²) in [5, 5.41) is 12.1. The van der Waals surface area contributed by atoms with Gasteiger partial charge in [0.05, 0.1) is 16.6 Å². The zero-order chi connectivity index (χ0) is 13.9. The molecule has 0 spiro atoms. The monoisotopic (exact) mass is 270 g/mol. The Hall–Kier alpha value is -1.69. The van der Waals surface area contributed by atoms with Gasteiger partial charge in [0.1, 0.15) is 11.6 Å². The first-order valence-electron chi connectivity index (χ1n) is 5.41. The van der Waals surface area contributed by atoms with Gasteiger partial charge in [-0.05, 0) is 18.1 Å². The lowest BCUT2D eigenvalue weighted by Gasteiger charge is -2.21. The number of nitrogens with two attached hydrogens (primary N) is 1. The van der Waals surface area contributed by atoms with Crippen LogP contribution in [0.25, 0.3) is 0 Å². The fourth-order valence-electron chi connectivity index (χ4n) is 1.48. The Kier molecular flexibility index (Phi) is 4.61. The van der Waals surface area contributed by atoms with Crippen LogP contribution < -0.4 is 11.1 Å². The van der Waals surface area contributed by atoms with Crippen molar-refractivity contribution in [3.8, 4) is 5.75 Å². The van der Waals surface area contributed by atoms with Gasteiger partial charge in [-0.2, -0.15) is 0 Å². The largest absolute Gasteiger partial charge is 0.507 e. The van der Waals surface area contributed by atoms with E-state index in [9.17, 15) is 14.3 Å². The minimum atomic E-state index is -0.612. The lowest BCUT2D eigenvalue weighted by molar-refractivity contribution is 0.0937. The number of phenols is 1. The summed E-state index contributed by atoms with van der Waals surface area (Å²) >= 11 is 4.86. The fraction of sp³-hybridized carbons (Fsp3) is 0.333. The summed E-state index contributed by atoms with van der Waals surface area (Å²) in [5.74, 6) is -1.55. The normalized spacial score (nSPS) is 12.2. The number of amides is 1. The van der Waals surface area contributed by atoms with E-state index in [-0.39, 0.29) is 16.5 Å². The first-order valence-corrected chi connectivity index (χ1v) is 5.82. The highest BCUT2D eigenvalue weighted by Crippen LogP contribution is 2.18. The van der Waals surface area contributed by atoms with Gasteiger partial charge in [-0.25, -0.2) is 4.39 Å². The van der Waals surface area contributed by atoms with Crippen LogP contribution in [0.4, 0.5) is 4.39 Å². The first kappa shape index (κ1) is 14.4. The number of aromatic hydroxyl groups is 1. The van der Waals surface area contributed by atoms with Crippen molar-refractivity contribution >= 4 is 23.1 Å². The van der Waals surface area contributed by atoms with Gasteiger partial charge in [0.15, 0.2) is 0 Å². The number of thiocarbonyl (C=S) groups is 1. The van der Waals surface area contributed by atoms with Gasteiger partial charge in [0, 0.05) is 6.07 Å². The highest BCUT2D eigenvalue weighted by molar-refractivity contribution is 7.80. The smallest absolute Gasteiger partial charge is 0.255 e. The number of benzene rings is 1.